The van der Waals surface area contributed by atoms with E-state index in [2.05, 4.69) is 5.32 Å². The number of primary amides is 1. The summed E-state index contributed by atoms with van der Waals surface area (Å²) in [4.78, 5) is 70.0. The monoisotopic (exact) mass is 542 g/mol. The van der Waals surface area contributed by atoms with Gasteiger partial charge in [-0.3, -0.25) is 28.9 Å². The summed E-state index contributed by atoms with van der Waals surface area (Å²) in [5, 5.41) is 26.3. The van der Waals surface area contributed by atoms with Crippen molar-refractivity contribution in [3.63, 3.8) is 0 Å². The van der Waals surface area contributed by atoms with E-state index in [0.717, 1.165) is 12.1 Å². The van der Waals surface area contributed by atoms with E-state index in [0.29, 0.717) is 17.7 Å². The Morgan fingerprint density at radius 2 is 1.82 bits per heavy atom. The molecule has 0 heterocycles. The van der Waals surface area contributed by atoms with Gasteiger partial charge in [0.05, 0.1) is 17.5 Å². The Kier molecular flexibility index (Phi) is 7.48. The molecule has 7 atom stereocenters. The lowest BCUT2D eigenvalue weighted by atomic mass is 9.52. The number of carbonyl (C=O) groups excluding carboxylic acids is 5. The molecule has 0 saturated heterocycles. The summed E-state index contributed by atoms with van der Waals surface area (Å²) in [6.07, 6.45) is 1.11. The molecule has 1 aromatic rings. The van der Waals surface area contributed by atoms with E-state index in [9.17, 15) is 34.2 Å². The van der Waals surface area contributed by atoms with Crippen molar-refractivity contribution in [1.82, 2.24) is 10.2 Å². The molecular weight excluding hydrogens is 504 g/mol. The van der Waals surface area contributed by atoms with E-state index in [1.165, 1.54) is 4.90 Å². The Balaban J connectivity index is 1.85. The van der Waals surface area contributed by atoms with E-state index < -0.39 is 64.4 Å². The number of amides is 1. The molecule has 0 aliphatic heterocycles. The van der Waals surface area contributed by atoms with Crippen LogP contribution in [0.2, 0.25) is 0 Å². The molecule has 11 nitrogen and oxygen atoms in total. The highest BCUT2D eigenvalue weighted by molar-refractivity contribution is 6.32. The Hall–Kier alpha value is -3.15. The molecule has 212 valence electrons. The molecule has 0 spiro atoms. The molecule has 3 aliphatic carbocycles. The van der Waals surface area contributed by atoms with Gasteiger partial charge in [-0.2, -0.15) is 0 Å². The zero-order chi connectivity index (χ0) is 29.1. The summed E-state index contributed by atoms with van der Waals surface area (Å²) < 4.78 is 0. The lowest BCUT2D eigenvalue weighted by molar-refractivity contribution is -0.181. The molecule has 5 N–H and O–H groups in total. The zero-order valence-corrected chi connectivity index (χ0v) is 23.3. The van der Waals surface area contributed by atoms with Crippen LogP contribution >= 0.6 is 0 Å². The second-order valence-electron chi connectivity index (χ2n) is 11.6. The number of nitrogens with two attached hydrogens (primary N) is 1. The molecule has 4 rings (SSSR count). The third kappa shape index (κ3) is 4.27. The van der Waals surface area contributed by atoms with Crippen molar-refractivity contribution in [2.24, 2.45) is 29.4 Å². The summed E-state index contributed by atoms with van der Waals surface area (Å²) in [7, 11) is 6.77. The topological polar surface area (TPSA) is 170 Å². The number of aliphatic hydroxyl groups is 1. The predicted octanol–water partition coefficient (Wildman–Crippen LogP) is -0.179. The van der Waals surface area contributed by atoms with Crippen LogP contribution in [0.4, 0.5) is 5.69 Å². The van der Waals surface area contributed by atoms with E-state index >= 15 is 0 Å². The summed E-state index contributed by atoms with van der Waals surface area (Å²) in [6.45, 7) is 4.32. The number of rotatable bonds is 7. The fourth-order valence-electron chi connectivity index (χ4n) is 6.67. The molecule has 1 aromatic carbocycles. The molecule has 2 saturated carbocycles. The van der Waals surface area contributed by atoms with Crippen LogP contribution in [0.15, 0.2) is 6.07 Å². The van der Waals surface area contributed by atoms with E-state index in [1.807, 2.05) is 38.9 Å². The molecule has 3 aliphatic rings. The third-order valence-corrected chi connectivity index (χ3v) is 8.85. The van der Waals surface area contributed by atoms with Gasteiger partial charge >= 0.3 is 0 Å². The van der Waals surface area contributed by atoms with Gasteiger partial charge in [0.2, 0.25) is 5.91 Å². The number of phenolic OH excluding ortho intramolecular Hbond substituents is 1. The van der Waals surface area contributed by atoms with Crippen LogP contribution in [0, 0.1) is 23.7 Å². The van der Waals surface area contributed by atoms with Crippen LogP contribution in [0.1, 0.15) is 48.2 Å². The van der Waals surface area contributed by atoms with Crippen molar-refractivity contribution in [1.29, 1.82) is 0 Å². The first-order valence-corrected chi connectivity index (χ1v) is 13.3. The first-order chi connectivity index (χ1) is 18.2. The molecule has 4 unspecified atom stereocenters. The van der Waals surface area contributed by atoms with Crippen LogP contribution < -0.4 is 16.0 Å². The lowest BCUT2D eigenvalue weighted by Gasteiger charge is -2.52. The van der Waals surface area contributed by atoms with Crippen LogP contribution in [-0.2, 0) is 32.1 Å². The van der Waals surface area contributed by atoms with Gasteiger partial charge in [-0.1, -0.05) is 6.92 Å². The van der Waals surface area contributed by atoms with Gasteiger partial charge in [0.25, 0.3) is 0 Å². The smallest absolute Gasteiger partial charge is 0.235 e. The molecule has 0 bridgehead atoms. The van der Waals surface area contributed by atoms with Gasteiger partial charge < -0.3 is 26.2 Å². The van der Waals surface area contributed by atoms with Crippen LogP contribution in [-0.4, -0.2) is 90.0 Å². The maximum atomic E-state index is 14.0. The average molecular weight is 543 g/mol. The first-order valence-electron chi connectivity index (χ1n) is 13.3. The van der Waals surface area contributed by atoms with E-state index in [4.69, 9.17) is 5.73 Å². The number of anilines is 1. The fourth-order valence-corrected chi connectivity index (χ4v) is 6.67. The Morgan fingerprint density at radius 1 is 1.18 bits per heavy atom. The van der Waals surface area contributed by atoms with Crippen LogP contribution in [0.5, 0.6) is 5.75 Å². The maximum absolute atomic E-state index is 14.0. The number of hydrogen-bond acceptors (Lipinski definition) is 10. The highest BCUT2D eigenvalue weighted by Crippen LogP contribution is 2.52. The average Bonchev–Trinajstić information content (AvgIpc) is 2.84. The number of Topliss-reactive ketones (excluding diaryl/α,β-unsaturated/α-hetero) is 4. The Labute approximate surface area is 227 Å². The van der Waals surface area contributed by atoms with Gasteiger partial charge in [0.1, 0.15) is 5.75 Å². The van der Waals surface area contributed by atoms with Gasteiger partial charge in [0.15, 0.2) is 34.7 Å². The van der Waals surface area contributed by atoms with Crippen LogP contribution in [0.3, 0.4) is 0 Å². The zero-order valence-electron chi connectivity index (χ0n) is 23.3. The number of hydrogen-bond donors (Lipinski definition) is 4. The quantitative estimate of drug-likeness (QED) is 0.339. The molecule has 1 amide bonds. The van der Waals surface area contributed by atoms with Crippen molar-refractivity contribution in [2.75, 3.05) is 33.1 Å². The predicted molar refractivity (Wildman–Crippen MR) is 142 cm³/mol. The Bertz CT molecular complexity index is 1260. The number of aromatic hydroxyl groups is 1. The largest absolute Gasteiger partial charge is 0.507 e. The van der Waals surface area contributed by atoms with E-state index in [1.54, 1.807) is 14.1 Å². The van der Waals surface area contributed by atoms with Gasteiger partial charge in [-0.05, 0) is 57.8 Å². The molecule has 2 fully saturated rings. The van der Waals surface area contributed by atoms with Gasteiger partial charge in [0, 0.05) is 43.9 Å². The third-order valence-electron chi connectivity index (χ3n) is 8.85. The summed E-state index contributed by atoms with van der Waals surface area (Å²) >= 11 is 0. The van der Waals surface area contributed by atoms with Crippen molar-refractivity contribution in [3.8, 4) is 5.75 Å². The van der Waals surface area contributed by atoms with Crippen molar-refractivity contribution in [2.45, 2.75) is 57.3 Å². The normalized spacial score (nSPS) is 31.0. The second-order valence-corrected chi connectivity index (χ2v) is 11.6. The maximum Gasteiger partial charge on any atom is 0.235 e. The highest BCUT2D eigenvalue weighted by atomic mass is 16.3. The van der Waals surface area contributed by atoms with Crippen molar-refractivity contribution in [3.05, 3.63) is 22.8 Å². The van der Waals surface area contributed by atoms with E-state index in [-0.39, 0.29) is 30.2 Å². The number of nitrogens with zero attached hydrogens (tertiary/aromatic N) is 2. The second kappa shape index (κ2) is 10.1. The minimum atomic E-state index is -2.73. The van der Waals surface area contributed by atoms with Gasteiger partial charge in [-0.25, -0.2) is 0 Å². The minimum Gasteiger partial charge on any atom is -0.507 e. The summed E-state index contributed by atoms with van der Waals surface area (Å²) in [5.74, 6) is -10.4. The molecule has 11 heteroatoms. The Morgan fingerprint density at radius 3 is 2.36 bits per heavy atom. The number of nitrogens with one attached hydrogen (secondary N) is 1. The molecular formula is C28H38N4O7. The molecule has 0 aromatic heterocycles. The molecule has 39 heavy (non-hydrogen) atoms. The van der Waals surface area contributed by atoms with Crippen molar-refractivity contribution >= 4 is 34.7 Å². The van der Waals surface area contributed by atoms with Gasteiger partial charge in [-0.15, -0.1) is 0 Å². The van der Waals surface area contributed by atoms with Crippen molar-refractivity contribution < 1.29 is 34.2 Å². The number of carbonyl (C=O) groups is 5. The fraction of sp³-hybridized carbons (Fsp3) is 0.607. The highest BCUT2D eigenvalue weighted by Gasteiger charge is 2.69. The summed E-state index contributed by atoms with van der Waals surface area (Å²) in [6, 6.07) is 0.867. The lowest BCUT2D eigenvalue weighted by Crippen LogP contribution is -2.74. The van der Waals surface area contributed by atoms with Crippen LogP contribution in [0.25, 0.3) is 0 Å². The number of likely N-dealkylation sites (N-methyl/N-ethyl adjacent to an activating group) is 1. The summed E-state index contributed by atoms with van der Waals surface area (Å²) in [5.41, 5.74) is 4.44. The SMILES string of the molecule is CCC(C)NCc1cc(N(C)C)c2c(c1O)C(=O)C1C(=O)[C@@]3(O)C(=O)C(C(N)=O)C(=O)C(N(C)C)[C@H]3C[C@H]1C2. The number of ketones is 4. The first kappa shape index (κ1) is 28.8. The number of phenols is 1. The standard InChI is InChI=1S/C28H38N4O7/c1-7-12(2)30-11-14-10-17(31(3)4)15-8-13-9-16-21(32(5)6)24(35)20(27(29)38)26(37)28(16,39)25(36)18(13)23(34)19(15)22(14)33/h10,12-13,16,18,20-21,30,33,39H,7-9,11H2,1-6H3,(H2,29,38)/t12?,13-,16-,18?,20?,21?,28-/m1/s1. The minimum absolute atomic E-state index is 0.00810. The molecule has 0 radical (unpaired) electrons. The number of fused-ring (bicyclic) bond motifs is 3. The number of benzene rings is 1.